The van der Waals surface area contributed by atoms with Crippen LogP contribution in [0.5, 0.6) is 0 Å². The van der Waals surface area contributed by atoms with Gasteiger partial charge in [-0.1, -0.05) is 24.3 Å². The maximum atomic E-state index is 3.52. The van der Waals surface area contributed by atoms with Gasteiger partial charge in [0.25, 0.3) is 0 Å². The van der Waals surface area contributed by atoms with Gasteiger partial charge >= 0.3 is 0 Å². The molecule has 0 radical (unpaired) electrons. The van der Waals surface area contributed by atoms with E-state index in [1.54, 1.807) is 0 Å². The zero-order chi connectivity index (χ0) is 12.7. The van der Waals surface area contributed by atoms with E-state index in [0.29, 0.717) is 0 Å². The molecule has 1 heterocycles. The van der Waals surface area contributed by atoms with Gasteiger partial charge in [-0.3, -0.25) is 0 Å². The Morgan fingerprint density at radius 3 is 2.28 bits per heavy atom. The molecule has 0 bridgehead atoms. The topological polar surface area (TPSA) is 15.8 Å². The van der Waals surface area contributed by atoms with Crippen LogP contribution >= 0.6 is 0 Å². The van der Waals surface area contributed by atoms with E-state index in [4.69, 9.17) is 0 Å². The van der Waals surface area contributed by atoms with Crippen LogP contribution in [0.2, 0.25) is 0 Å². The van der Waals surface area contributed by atoms with Gasteiger partial charge in [0.2, 0.25) is 0 Å². The average Bonchev–Trinajstić information content (AvgIpc) is 2.73. The van der Waals surface area contributed by atoms with Gasteiger partial charge in [0.15, 0.2) is 0 Å². The number of aromatic amines is 1. The molecule has 3 rings (SSSR count). The number of nitrogens with one attached hydrogen (secondary N) is 1. The zero-order valence-corrected chi connectivity index (χ0v) is 11.0. The average molecular weight is 235 g/mol. The summed E-state index contributed by atoms with van der Waals surface area (Å²) in [6.07, 6.45) is 0. The van der Waals surface area contributed by atoms with Crippen molar-refractivity contribution < 1.29 is 0 Å². The molecule has 2 aromatic carbocycles. The fourth-order valence-electron chi connectivity index (χ4n) is 2.42. The summed E-state index contributed by atoms with van der Waals surface area (Å²) in [5, 5.41) is 1.29. The van der Waals surface area contributed by atoms with Gasteiger partial charge in [0, 0.05) is 22.2 Å². The second kappa shape index (κ2) is 4.02. The fourth-order valence-corrected chi connectivity index (χ4v) is 2.42. The van der Waals surface area contributed by atoms with Crippen molar-refractivity contribution >= 4 is 10.9 Å². The van der Waals surface area contributed by atoms with E-state index >= 15 is 0 Å². The minimum Gasteiger partial charge on any atom is -0.355 e. The summed E-state index contributed by atoms with van der Waals surface area (Å²) in [6.45, 7) is 6.47. The molecule has 0 atom stereocenters. The van der Waals surface area contributed by atoms with Crippen molar-refractivity contribution in [3.63, 3.8) is 0 Å². The summed E-state index contributed by atoms with van der Waals surface area (Å²) in [5.74, 6) is 0. The molecule has 90 valence electrons. The molecule has 1 N–H and O–H groups in total. The first-order valence-electron chi connectivity index (χ1n) is 6.31. The Hall–Kier alpha value is -2.02. The van der Waals surface area contributed by atoms with Crippen LogP contribution in [0.25, 0.3) is 22.2 Å². The first kappa shape index (κ1) is 11.1. The van der Waals surface area contributed by atoms with E-state index in [1.165, 1.54) is 38.9 Å². The fraction of sp³-hybridized carbons (Fsp3) is 0.176. The maximum absolute atomic E-state index is 3.52. The molecule has 0 unspecified atom stereocenters. The molecule has 0 aliphatic carbocycles. The predicted octanol–water partition coefficient (Wildman–Crippen LogP) is 4.76. The van der Waals surface area contributed by atoms with E-state index in [2.05, 4.69) is 68.2 Å². The monoisotopic (exact) mass is 235 g/mol. The third-order valence-corrected chi connectivity index (χ3v) is 3.67. The lowest BCUT2D eigenvalue weighted by Gasteiger charge is -2.01. The Morgan fingerprint density at radius 2 is 1.50 bits per heavy atom. The van der Waals surface area contributed by atoms with E-state index < -0.39 is 0 Å². The van der Waals surface area contributed by atoms with E-state index in [0.717, 1.165) is 0 Å². The van der Waals surface area contributed by atoms with Gasteiger partial charge in [-0.15, -0.1) is 0 Å². The van der Waals surface area contributed by atoms with Crippen molar-refractivity contribution in [1.82, 2.24) is 4.98 Å². The van der Waals surface area contributed by atoms with Gasteiger partial charge in [-0.2, -0.15) is 0 Å². The van der Waals surface area contributed by atoms with Crippen LogP contribution in [0.3, 0.4) is 0 Å². The van der Waals surface area contributed by atoms with Crippen LogP contribution in [0.1, 0.15) is 16.7 Å². The number of hydrogen-bond acceptors (Lipinski definition) is 0. The van der Waals surface area contributed by atoms with Gasteiger partial charge < -0.3 is 4.98 Å². The highest BCUT2D eigenvalue weighted by Crippen LogP contribution is 2.28. The minimum absolute atomic E-state index is 1.20. The number of H-pyrrole nitrogens is 1. The molecule has 0 fully saturated rings. The number of aromatic nitrogens is 1. The van der Waals surface area contributed by atoms with Crippen molar-refractivity contribution in [2.75, 3.05) is 0 Å². The van der Waals surface area contributed by atoms with E-state index in [1.807, 2.05) is 0 Å². The number of rotatable bonds is 1. The SMILES string of the molecule is Cc1cc2cc(-c3ccccc3C)[nH]c2cc1C. The molecule has 0 amide bonds. The highest BCUT2D eigenvalue weighted by Gasteiger charge is 2.06. The van der Waals surface area contributed by atoms with Crippen molar-refractivity contribution in [2.24, 2.45) is 0 Å². The van der Waals surface area contributed by atoms with Gasteiger partial charge in [-0.25, -0.2) is 0 Å². The largest absolute Gasteiger partial charge is 0.355 e. The predicted molar refractivity (Wildman–Crippen MR) is 77.9 cm³/mol. The lowest BCUT2D eigenvalue weighted by molar-refractivity contribution is 1.35. The van der Waals surface area contributed by atoms with Crippen LogP contribution in [0, 0.1) is 20.8 Å². The second-order valence-electron chi connectivity index (χ2n) is 5.02. The molecule has 3 aromatic rings. The lowest BCUT2D eigenvalue weighted by Crippen LogP contribution is -1.81. The molecule has 1 aromatic heterocycles. The van der Waals surface area contributed by atoms with Gasteiger partial charge in [0.05, 0.1) is 0 Å². The third kappa shape index (κ3) is 1.72. The lowest BCUT2D eigenvalue weighted by atomic mass is 10.1. The summed E-state index contributed by atoms with van der Waals surface area (Å²) >= 11 is 0. The highest BCUT2D eigenvalue weighted by atomic mass is 14.7. The molecular formula is C17H17N. The van der Waals surface area contributed by atoms with E-state index in [-0.39, 0.29) is 0 Å². The normalized spacial score (nSPS) is 11.1. The molecular weight excluding hydrogens is 218 g/mol. The number of hydrogen-bond donors (Lipinski definition) is 1. The Kier molecular flexibility index (Phi) is 2.48. The molecule has 1 nitrogen and oxygen atoms in total. The van der Waals surface area contributed by atoms with Crippen LogP contribution in [0.15, 0.2) is 42.5 Å². The van der Waals surface area contributed by atoms with Crippen molar-refractivity contribution in [3.05, 3.63) is 59.2 Å². The van der Waals surface area contributed by atoms with Crippen LogP contribution < -0.4 is 0 Å². The minimum atomic E-state index is 1.20. The molecule has 0 aliphatic rings. The first-order valence-corrected chi connectivity index (χ1v) is 6.31. The number of aryl methyl sites for hydroxylation is 3. The standard InChI is InChI=1S/C17H17N/c1-11-6-4-5-7-15(11)17-10-14-8-12(2)13(3)9-16(14)18-17/h4-10,18H,1-3H3. The third-order valence-electron chi connectivity index (χ3n) is 3.67. The van der Waals surface area contributed by atoms with Gasteiger partial charge in [0.1, 0.15) is 0 Å². The number of benzene rings is 2. The second-order valence-corrected chi connectivity index (χ2v) is 5.02. The van der Waals surface area contributed by atoms with Crippen LogP contribution in [0.4, 0.5) is 0 Å². The van der Waals surface area contributed by atoms with Crippen LogP contribution in [-0.2, 0) is 0 Å². The highest BCUT2D eigenvalue weighted by molar-refractivity contribution is 5.87. The first-order chi connectivity index (χ1) is 8.65. The molecule has 0 aliphatic heterocycles. The molecule has 0 spiro atoms. The zero-order valence-electron chi connectivity index (χ0n) is 11.0. The molecule has 0 saturated heterocycles. The molecule has 1 heteroatoms. The Bertz CT molecular complexity index is 681. The maximum Gasteiger partial charge on any atom is 0.0467 e. The Morgan fingerprint density at radius 1 is 0.778 bits per heavy atom. The Labute approximate surface area is 107 Å². The van der Waals surface area contributed by atoms with Crippen molar-refractivity contribution in [1.29, 1.82) is 0 Å². The van der Waals surface area contributed by atoms with Gasteiger partial charge in [-0.05, 0) is 55.7 Å². The van der Waals surface area contributed by atoms with Crippen molar-refractivity contribution in [3.8, 4) is 11.3 Å². The van der Waals surface area contributed by atoms with Crippen molar-refractivity contribution in [2.45, 2.75) is 20.8 Å². The molecule has 18 heavy (non-hydrogen) atoms. The summed E-state index contributed by atoms with van der Waals surface area (Å²) in [4.78, 5) is 3.52. The molecule has 0 saturated carbocycles. The smallest absolute Gasteiger partial charge is 0.0467 e. The summed E-state index contributed by atoms with van der Waals surface area (Å²) in [5.41, 5.74) is 7.68. The summed E-state index contributed by atoms with van der Waals surface area (Å²) < 4.78 is 0. The quantitative estimate of drug-likeness (QED) is 0.626. The summed E-state index contributed by atoms with van der Waals surface area (Å²) in [6, 6.07) is 15.2. The Balaban J connectivity index is 2.23. The van der Waals surface area contributed by atoms with E-state index in [9.17, 15) is 0 Å². The summed E-state index contributed by atoms with van der Waals surface area (Å²) in [7, 11) is 0. The number of fused-ring (bicyclic) bond motifs is 1. The van der Waals surface area contributed by atoms with Crippen LogP contribution in [-0.4, -0.2) is 4.98 Å².